The van der Waals surface area contributed by atoms with E-state index in [0.29, 0.717) is 23.6 Å². The average molecular weight is 431 g/mol. The number of para-hydroxylation sites is 1. The van der Waals surface area contributed by atoms with Crippen molar-refractivity contribution in [2.45, 2.75) is 46.3 Å². The molecule has 0 amide bonds. The number of aldehydes is 1. The van der Waals surface area contributed by atoms with Crippen LogP contribution < -0.4 is 4.74 Å². The predicted molar refractivity (Wildman–Crippen MR) is 124 cm³/mol. The molecule has 6 heteroatoms. The second kappa shape index (κ2) is 8.46. The molecule has 2 heterocycles. The summed E-state index contributed by atoms with van der Waals surface area (Å²) in [6, 6.07) is 17.4. The lowest BCUT2D eigenvalue weighted by Crippen LogP contribution is -2.27. The maximum atomic E-state index is 12.8. The SMILES string of the molecule is Cc1c(CC=O)c2cc(OCc3ccc4ccccc4n3)ccc2n1C(=O)OC(C)(C)C. The maximum Gasteiger partial charge on any atom is 0.419 e. The van der Waals surface area contributed by atoms with Crippen LogP contribution in [0.3, 0.4) is 0 Å². The van der Waals surface area contributed by atoms with Crippen LogP contribution in [0.4, 0.5) is 4.79 Å². The quantitative estimate of drug-likeness (QED) is 0.385. The van der Waals surface area contributed by atoms with E-state index >= 15 is 0 Å². The largest absolute Gasteiger partial charge is 0.487 e. The van der Waals surface area contributed by atoms with E-state index in [2.05, 4.69) is 4.98 Å². The van der Waals surface area contributed by atoms with E-state index in [1.165, 1.54) is 4.57 Å². The molecule has 6 nitrogen and oxygen atoms in total. The third-order valence-electron chi connectivity index (χ3n) is 5.21. The van der Waals surface area contributed by atoms with Crippen LogP contribution in [-0.4, -0.2) is 27.5 Å². The molecule has 0 aliphatic carbocycles. The van der Waals surface area contributed by atoms with E-state index in [-0.39, 0.29) is 6.42 Å². The van der Waals surface area contributed by atoms with Crippen LogP contribution in [0.2, 0.25) is 0 Å². The smallest absolute Gasteiger partial charge is 0.419 e. The van der Waals surface area contributed by atoms with Gasteiger partial charge in [-0.25, -0.2) is 14.3 Å². The van der Waals surface area contributed by atoms with Gasteiger partial charge in [-0.15, -0.1) is 0 Å². The van der Waals surface area contributed by atoms with Crippen LogP contribution in [0.1, 0.15) is 37.7 Å². The van der Waals surface area contributed by atoms with Gasteiger partial charge in [0.05, 0.1) is 16.7 Å². The Labute approximate surface area is 186 Å². The van der Waals surface area contributed by atoms with Gasteiger partial charge >= 0.3 is 6.09 Å². The monoisotopic (exact) mass is 430 g/mol. The van der Waals surface area contributed by atoms with Gasteiger partial charge in [0.2, 0.25) is 0 Å². The minimum Gasteiger partial charge on any atom is -0.487 e. The summed E-state index contributed by atoms with van der Waals surface area (Å²) in [6.45, 7) is 7.61. The molecule has 0 atom stereocenters. The minimum absolute atomic E-state index is 0.202. The zero-order valence-corrected chi connectivity index (χ0v) is 18.7. The van der Waals surface area contributed by atoms with E-state index in [1.54, 1.807) is 0 Å². The van der Waals surface area contributed by atoms with Crippen molar-refractivity contribution in [3.8, 4) is 5.75 Å². The van der Waals surface area contributed by atoms with Crippen LogP contribution in [0, 0.1) is 6.92 Å². The number of hydrogen-bond acceptors (Lipinski definition) is 5. The normalized spacial score (nSPS) is 11.6. The second-order valence-corrected chi connectivity index (χ2v) is 8.71. The minimum atomic E-state index is -0.624. The Morgan fingerprint density at radius 3 is 2.62 bits per heavy atom. The third-order valence-corrected chi connectivity index (χ3v) is 5.21. The highest BCUT2D eigenvalue weighted by atomic mass is 16.6. The molecule has 0 aliphatic heterocycles. The summed E-state index contributed by atoms with van der Waals surface area (Å²) < 4.78 is 13.1. The van der Waals surface area contributed by atoms with Gasteiger partial charge in [0.25, 0.3) is 0 Å². The second-order valence-electron chi connectivity index (χ2n) is 8.71. The molecule has 0 bridgehead atoms. The van der Waals surface area contributed by atoms with Crippen molar-refractivity contribution < 1.29 is 19.1 Å². The van der Waals surface area contributed by atoms with Crippen molar-refractivity contribution in [2.24, 2.45) is 0 Å². The lowest BCUT2D eigenvalue weighted by molar-refractivity contribution is -0.107. The molecule has 0 saturated heterocycles. The third kappa shape index (κ3) is 4.35. The molecule has 32 heavy (non-hydrogen) atoms. The summed E-state index contributed by atoms with van der Waals surface area (Å²) in [5.74, 6) is 0.640. The van der Waals surface area contributed by atoms with Crippen molar-refractivity contribution >= 4 is 34.2 Å². The number of pyridine rings is 1. The molecule has 0 saturated carbocycles. The lowest BCUT2D eigenvalue weighted by Gasteiger charge is -2.20. The summed E-state index contributed by atoms with van der Waals surface area (Å²) in [6.07, 6.45) is 0.577. The summed E-state index contributed by atoms with van der Waals surface area (Å²) in [4.78, 5) is 28.8. The average Bonchev–Trinajstić information content (AvgIpc) is 3.02. The fraction of sp³-hybridized carbons (Fsp3) is 0.269. The van der Waals surface area contributed by atoms with Gasteiger partial charge < -0.3 is 14.3 Å². The van der Waals surface area contributed by atoms with Crippen molar-refractivity contribution in [1.82, 2.24) is 9.55 Å². The molecule has 0 spiro atoms. The molecule has 4 rings (SSSR count). The van der Waals surface area contributed by atoms with Gasteiger partial charge in [0, 0.05) is 22.9 Å². The van der Waals surface area contributed by atoms with E-state index in [9.17, 15) is 9.59 Å². The first-order valence-electron chi connectivity index (χ1n) is 10.6. The molecular weight excluding hydrogens is 404 g/mol. The molecular formula is C26H26N2O4. The van der Waals surface area contributed by atoms with E-state index in [1.807, 2.05) is 82.3 Å². The van der Waals surface area contributed by atoms with Crippen LogP contribution in [-0.2, 0) is 22.6 Å². The fourth-order valence-corrected chi connectivity index (χ4v) is 3.78. The van der Waals surface area contributed by atoms with Crippen molar-refractivity contribution in [2.75, 3.05) is 0 Å². The van der Waals surface area contributed by atoms with Gasteiger partial charge in [-0.2, -0.15) is 0 Å². The first-order chi connectivity index (χ1) is 15.3. The Balaban J connectivity index is 1.65. The zero-order chi connectivity index (χ0) is 22.9. The Hall–Kier alpha value is -3.67. The lowest BCUT2D eigenvalue weighted by atomic mass is 10.1. The van der Waals surface area contributed by atoms with E-state index < -0.39 is 11.7 Å². The summed E-state index contributed by atoms with van der Waals surface area (Å²) >= 11 is 0. The highest BCUT2D eigenvalue weighted by Crippen LogP contribution is 2.31. The fourth-order valence-electron chi connectivity index (χ4n) is 3.78. The number of aromatic nitrogens is 2. The van der Waals surface area contributed by atoms with Crippen LogP contribution in [0.5, 0.6) is 5.75 Å². The van der Waals surface area contributed by atoms with Crippen LogP contribution >= 0.6 is 0 Å². The van der Waals surface area contributed by atoms with Crippen LogP contribution in [0.15, 0.2) is 54.6 Å². The number of ether oxygens (including phenoxy) is 2. The Morgan fingerprint density at radius 2 is 1.88 bits per heavy atom. The van der Waals surface area contributed by atoms with Crippen molar-refractivity contribution in [1.29, 1.82) is 0 Å². The number of carbonyl (C=O) groups excluding carboxylic acids is 2. The molecule has 2 aromatic heterocycles. The number of nitrogens with zero attached hydrogens (tertiary/aromatic N) is 2. The first-order valence-corrected chi connectivity index (χ1v) is 10.6. The molecule has 164 valence electrons. The predicted octanol–water partition coefficient (Wildman–Crippen LogP) is 5.60. The Bertz CT molecular complexity index is 1310. The maximum absolute atomic E-state index is 12.8. The first kappa shape index (κ1) is 21.6. The summed E-state index contributed by atoms with van der Waals surface area (Å²) in [5, 5.41) is 1.87. The van der Waals surface area contributed by atoms with E-state index in [0.717, 1.165) is 33.8 Å². The van der Waals surface area contributed by atoms with Crippen molar-refractivity contribution in [3.63, 3.8) is 0 Å². The number of carbonyl (C=O) groups is 2. The highest BCUT2D eigenvalue weighted by molar-refractivity contribution is 5.95. The van der Waals surface area contributed by atoms with Gasteiger partial charge in [-0.05, 0) is 63.6 Å². The molecule has 4 aromatic rings. The molecule has 0 unspecified atom stereocenters. The number of fused-ring (bicyclic) bond motifs is 2. The topological polar surface area (TPSA) is 70.4 Å². The van der Waals surface area contributed by atoms with E-state index in [4.69, 9.17) is 9.47 Å². The summed E-state index contributed by atoms with van der Waals surface area (Å²) in [5.41, 5.74) is 3.28. The van der Waals surface area contributed by atoms with Crippen molar-refractivity contribution in [3.05, 3.63) is 71.5 Å². The van der Waals surface area contributed by atoms with Gasteiger partial charge in [-0.3, -0.25) is 0 Å². The molecule has 2 aromatic carbocycles. The van der Waals surface area contributed by atoms with Crippen LogP contribution in [0.25, 0.3) is 21.8 Å². The Morgan fingerprint density at radius 1 is 1.09 bits per heavy atom. The number of hydrogen-bond donors (Lipinski definition) is 0. The Kier molecular flexibility index (Phi) is 5.70. The molecule has 0 aliphatic rings. The number of benzene rings is 2. The summed E-state index contributed by atoms with van der Waals surface area (Å²) in [7, 11) is 0. The molecule has 0 N–H and O–H groups in total. The van der Waals surface area contributed by atoms with Gasteiger partial charge in [0.1, 0.15) is 24.2 Å². The number of rotatable bonds is 5. The zero-order valence-electron chi connectivity index (χ0n) is 18.7. The highest BCUT2D eigenvalue weighted by Gasteiger charge is 2.24. The van der Waals surface area contributed by atoms with Gasteiger partial charge in [-0.1, -0.05) is 24.3 Å². The van der Waals surface area contributed by atoms with Gasteiger partial charge in [0.15, 0.2) is 0 Å². The standard InChI is InChI=1S/C26H26N2O4/c1-17-21(13-14-29)22-15-20(11-12-24(22)28(17)25(30)32-26(2,3)4)31-16-19-10-9-18-7-5-6-8-23(18)27-19/h5-12,14-15H,13,16H2,1-4H3. The molecule has 0 radical (unpaired) electrons. The molecule has 0 fully saturated rings.